The van der Waals surface area contributed by atoms with Gasteiger partial charge in [0.1, 0.15) is 73.2 Å². The number of carbonyl (C=O) groups excluding carboxylic acids is 1. The van der Waals surface area contributed by atoms with Gasteiger partial charge in [-0.25, -0.2) is 0 Å². The molecule has 19 nitrogen and oxygen atoms in total. The number of carbonyl (C=O) groups is 1. The van der Waals surface area contributed by atoms with Crippen LogP contribution in [0.5, 0.6) is 0 Å². The predicted molar refractivity (Wildman–Crippen MR) is 305 cm³/mol. The summed E-state index contributed by atoms with van der Waals surface area (Å²) >= 11 is 0. The van der Waals surface area contributed by atoms with Crippen molar-refractivity contribution in [3.8, 4) is 0 Å². The van der Waals surface area contributed by atoms with Crippen LogP contribution in [0.4, 0.5) is 0 Å². The van der Waals surface area contributed by atoms with E-state index in [2.05, 4.69) is 55.6 Å². The lowest BCUT2D eigenvalue weighted by Crippen LogP contribution is -2.66. The van der Waals surface area contributed by atoms with E-state index in [0.29, 0.717) is 12.8 Å². The van der Waals surface area contributed by atoms with E-state index in [1.54, 1.807) is 6.08 Å². The Balaban J connectivity index is 1.47. The quantitative estimate of drug-likeness (QED) is 0.0250. The van der Waals surface area contributed by atoms with Gasteiger partial charge < -0.3 is 89.9 Å². The van der Waals surface area contributed by atoms with E-state index >= 15 is 0 Å². The molecule has 3 rings (SSSR count). The van der Waals surface area contributed by atoms with Crippen molar-refractivity contribution in [2.45, 2.75) is 304 Å². The van der Waals surface area contributed by atoms with Gasteiger partial charge in [0.15, 0.2) is 18.9 Å². The highest BCUT2D eigenvalue weighted by Gasteiger charge is 2.53. The average Bonchev–Trinajstić information content (AvgIpc) is 3.45. The third kappa shape index (κ3) is 27.6. The second kappa shape index (κ2) is 44.3. The molecule has 466 valence electrons. The van der Waals surface area contributed by atoms with Crippen LogP contribution in [-0.2, 0) is 33.2 Å². The summed E-state index contributed by atoms with van der Waals surface area (Å²) in [5.74, 6) is -0.290. The molecule has 0 radical (unpaired) electrons. The molecule has 3 saturated heterocycles. The third-order valence-electron chi connectivity index (χ3n) is 15.3. The van der Waals surface area contributed by atoms with Crippen molar-refractivity contribution in [1.82, 2.24) is 5.32 Å². The van der Waals surface area contributed by atoms with E-state index in [9.17, 15) is 61.0 Å². The van der Waals surface area contributed by atoms with Crippen LogP contribution in [0, 0.1) is 0 Å². The third-order valence-corrected chi connectivity index (χ3v) is 15.3. The van der Waals surface area contributed by atoms with Crippen LogP contribution in [0.15, 0.2) is 48.6 Å². The van der Waals surface area contributed by atoms with Gasteiger partial charge >= 0.3 is 0 Å². The molecule has 3 aliphatic heterocycles. The fourth-order valence-electron chi connectivity index (χ4n) is 10.2. The number of nitrogens with one attached hydrogen (secondary N) is 1. The van der Waals surface area contributed by atoms with Crippen molar-refractivity contribution in [3.05, 3.63) is 48.6 Å². The highest BCUT2D eigenvalue weighted by molar-refractivity contribution is 5.76. The summed E-state index contributed by atoms with van der Waals surface area (Å²) < 4.78 is 34.2. The summed E-state index contributed by atoms with van der Waals surface area (Å²) in [6.07, 6.45) is 22.4. The van der Waals surface area contributed by atoms with Gasteiger partial charge in [-0.15, -0.1) is 0 Å². The zero-order valence-corrected chi connectivity index (χ0v) is 48.5. The monoisotopic (exact) mass is 1140 g/mol. The molecule has 0 aliphatic carbocycles. The standard InChI is InChI=1S/C61H109NO18/c1-3-5-7-9-11-13-15-17-18-19-20-21-22-23-24-25-26-27-29-31-33-35-37-39-49(67)62-44(45(66)38-36-34-32-30-28-16-14-12-10-8-6-4-2)43-75-59-55(73)52(70)57(47(41-64)77-59)80-61-56(74)53(71)58(48(42-65)78-61)79-60-54(72)51(69)50(68)46(40-63)76-60/h15,17,19-20,28,30,36,38,44-48,50-61,63-66,68-74H,3-14,16,18,21-27,29,31-35,37,39-43H2,1-2H3,(H,62,67)/b17-15-,20-19-,30-28+,38-36+. The first-order valence-electron chi connectivity index (χ1n) is 30.9. The molecule has 0 aromatic heterocycles. The van der Waals surface area contributed by atoms with Crippen molar-refractivity contribution >= 4 is 5.91 Å². The molecule has 0 aromatic rings. The Kier molecular flexibility index (Phi) is 39.8. The Bertz CT molecular complexity index is 1650. The molecule has 12 N–H and O–H groups in total. The van der Waals surface area contributed by atoms with Gasteiger partial charge in [-0.1, -0.05) is 178 Å². The zero-order chi connectivity index (χ0) is 58.3. The van der Waals surface area contributed by atoms with Gasteiger partial charge in [0.25, 0.3) is 0 Å². The summed E-state index contributed by atoms with van der Waals surface area (Å²) in [5.41, 5.74) is 0. The number of amides is 1. The van der Waals surface area contributed by atoms with Crippen LogP contribution in [0.1, 0.15) is 200 Å². The van der Waals surface area contributed by atoms with Crippen molar-refractivity contribution in [1.29, 1.82) is 0 Å². The summed E-state index contributed by atoms with van der Waals surface area (Å²) in [6.45, 7) is 1.66. The topological polar surface area (TPSA) is 307 Å². The van der Waals surface area contributed by atoms with Crippen molar-refractivity contribution in [3.63, 3.8) is 0 Å². The highest BCUT2D eigenvalue weighted by Crippen LogP contribution is 2.33. The molecule has 0 aromatic carbocycles. The van der Waals surface area contributed by atoms with E-state index < -0.39 is 124 Å². The van der Waals surface area contributed by atoms with E-state index in [1.807, 2.05) is 6.08 Å². The number of rotatable bonds is 45. The molecule has 80 heavy (non-hydrogen) atoms. The molecule has 0 bridgehead atoms. The van der Waals surface area contributed by atoms with Crippen molar-refractivity contribution in [2.75, 3.05) is 26.4 Å². The van der Waals surface area contributed by atoms with Crippen LogP contribution in [-0.4, -0.2) is 193 Å². The van der Waals surface area contributed by atoms with Gasteiger partial charge in [0.05, 0.1) is 38.6 Å². The van der Waals surface area contributed by atoms with E-state index in [4.69, 9.17) is 28.4 Å². The van der Waals surface area contributed by atoms with Crippen LogP contribution < -0.4 is 5.32 Å². The first-order valence-corrected chi connectivity index (χ1v) is 30.9. The molecular weight excluding hydrogens is 1030 g/mol. The fourth-order valence-corrected chi connectivity index (χ4v) is 10.2. The first-order chi connectivity index (χ1) is 38.8. The minimum Gasteiger partial charge on any atom is -0.394 e. The summed E-state index contributed by atoms with van der Waals surface area (Å²) in [5, 5.41) is 120. The normalized spacial score (nSPS) is 30.3. The van der Waals surface area contributed by atoms with Crippen LogP contribution in [0.25, 0.3) is 0 Å². The molecule has 1 amide bonds. The maximum Gasteiger partial charge on any atom is 0.220 e. The molecule has 3 heterocycles. The molecule has 0 spiro atoms. The molecule has 17 atom stereocenters. The number of unbranched alkanes of at least 4 members (excludes halogenated alkanes) is 23. The summed E-state index contributed by atoms with van der Waals surface area (Å²) in [7, 11) is 0. The minimum absolute atomic E-state index is 0.232. The number of ether oxygens (including phenoxy) is 6. The van der Waals surface area contributed by atoms with Crippen molar-refractivity contribution in [2.24, 2.45) is 0 Å². The molecule has 0 saturated carbocycles. The number of aliphatic hydroxyl groups is 11. The number of hydrogen-bond acceptors (Lipinski definition) is 18. The molecule has 3 fully saturated rings. The number of aliphatic hydroxyl groups excluding tert-OH is 11. The van der Waals surface area contributed by atoms with E-state index in [0.717, 1.165) is 51.4 Å². The Morgan fingerprint density at radius 1 is 0.450 bits per heavy atom. The molecule has 19 heteroatoms. The highest BCUT2D eigenvalue weighted by atomic mass is 16.8. The Morgan fingerprint density at radius 2 is 0.838 bits per heavy atom. The lowest BCUT2D eigenvalue weighted by atomic mass is 9.96. The summed E-state index contributed by atoms with van der Waals surface area (Å²) in [4.78, 5) is 13.3. The molecule has 3 aliphatic rings. The first kappa shape index (κ1) is 72.0. The van der Waals surface area contributed by atoms with Gasteiger partial charge in [0.2, 0.25) is 5.91 Å². The average molecular weight is 1140 g/mol. The fraction of sp³-hybridized carbons (Fsp3) is 0.852. The summed E-state index contributed by atoms with van der Waals surface area (Å²) in [6, 6.07) is -0.990. The second-order valence-corrected chi connectivity index (χ2v) is 22.2. The smallest absolute Gasteiger partial charge is 0.220 e. The minimum atomic E-state index is -1.98. The van der Waals surface area contributed by atoms with Crippen LogP contribution in [0.2, 0.25) is 0 Å². The number of hydrogen-bond donors (Lipinski definition) is 12. The molecule has 17 unspecified atom stereocenters. The lowest BCUT2D eigenvalue weighted by Gasteiger charge is -2.48. The van der Waals surface area contributed by atoms with Crippen molar-refractivity contribution < 1.29 is 89.4 Å². The van der Waals surface area contributed by atoms with Gasteiger partial charge in [-0.05, 0) is 64.2 Å². The van der Waals surface area contributed by atoms with Gasteiger partial charge in [-0.3, -0.25) is 4.79 Å². The maximum absolute atomic E-state index is 13.3. The Hall–Kier alpha value is -2.25. The van der Waals surface area contributed by atoms with E-state index in [1.165, 1.54) is 116 Å². The van der Waals surface area contributed by atoms with Gasteiger partial charge in [-0.2, -0.15) is 0 Å². The number of allylic oxidation sites excluding steroid dienone is 7. The van der Waals surface area contributed by atoms with Crippen LogP contribution in [0.3, 0.4) is 0 Å². The molecular formula is C61H109NO18. The predicted octanol–water partition coefficient (Wildman–Crippen LogP) is 5.87. The largest absolute Gasteiger partial charge is 0.394 e. The SMILES string of the molecule is CCCCCCC/C=C\C/C=C\CCCCCCCCCCCCCC(=O)NC(COC1OC(CO)C(OC2OC(CO)C(OC3OC(CO)C(O)C(O)C3O)C(O)C2O)C(O)C1O)C(O)/C=C/CC/C=C/CCCCCCCC. The maximum atomic E-state index is 13.3. The van der Waals surface area contributed by atoms with E-state index in [-0.39, 0.29) is 18.9 Å². The Labute approximate surface area is 478 Å². The van der Waals surface area contributed by atoms with Crippen LogP contribution >= 0.6 is 0 Å². The zero-order valence-electron chi connectivity index (χ0n) is 48.5. The Morgan fingerprint density at radius 3 is 1.32 bits per heavy atom. The second-order valence-electron chi connectivity index (χ2n) is 22.2. The van der Waals surface area contributed by atoms with Gasteiger partial charge in [0, 0.05) is 6.42 Å². The lowest BCUT2D eigenvalue weighted by molar-refractivity contribution is -0.379.